The zero-order valence-electron chi connectivity index (χ0n) is 13.8. The van der Waals surface area contributed by atoms with E-state index in [-0.39, 0.29) is 12.4 Å². The molecule has 24 heavy (non-hydrogen) atoms. The van der Waals surface area contributed by atoms with Crippen LogP contribution in [-0.4, -0.2) is 30.8 Å². The van der Waals surface area contributed by atoms with Gasteiger partial charge in [-0.15, -0.1) is 0 Å². The highest BCUT2D eigenvalue weighted by Gasteiger charge is 2.29. The Labute approximate surface area is 142 Å². The number of hydrogen-bond donors (Lipinski definition) is 1. The van der Waals surface area contributed by atoms with Crippen molar-refractivity contribution in [3.8, 4) is 0 Å². The Bertz CT molecular complexity index is 725. The maximum Gasteiger partial charge on any atom is 0.125 e. The van der Waals surface area contributed by atoms with E-state index in [9.17, 15) is 9.50 Å². The Kier molecular flexibility index (Phi) is 4.15. The normalized spacial score (nSPS) is 18.1. The number of piperidine rings is 1. The van der Waals surface area contributed by atoms with Gasteiger partial charge in [0.1, 0.15) is 5.82 Å². The summed E-state index contributed by atoms with van der Waals surface area (Å²) < 4.78 is 13.6. The van der Waals surface area contributed by atoms with Gasteiger partial charge in [-0.2, -0.15) is 0 Å². The molecule has 3 nitrogen and oxygen atoms in total. The quantitative estimate of drug-likeness (QED) is 0.937. The SMILES string of the molecule is OCc1cccc(N2CCC(N3CCc4ccc(F)cc43)CC2)c1. The van der Waals surface area contributed by atoms with E-state index in [4.69, 9.17) is 0 Å². The fourth-order valence-electron chi connectivity index (χ4n) is 4.04. The molecule has 0 atom stereocenters. The fraction of sp³-hybridized carbons (Fsp3) is 0.400. The van der Waals surface area contributed by atoms with Crippen LogP contribution in [0, 0.1) is 5.82 Å². The first-order chi connectivity index (χ1) is 11.7. The number of nitrogens with zero attached hydrogens (tertiary/aromatic N) is 2. The molecule has 1 N–H and O–H groups in total. The third kappa shape index (κ3) is 2.86. The summed E-state index contributed by atoms with van der Waals surface area (Å²) in [4.78, 5) is 4.79. The average molecular weight is 326 g/mol. The van der Waals surface area contributed by atoms with Gasteiger partial charge < -0.3 is 14.9 Å². The minimum Gasteiger partial charge on any atom is -0.392 e. The van der Waals surface area contributed by atoms with Crippen LogP contribution >= 0.6 is 0 Å². The number of fused-ring (bicyclic) bond motifs is 1. The van der Waals surface area contributed by atoms with Gasteiger partial charge in [0.15, 0.2) is 0 Å². The van der Waals surface area contributed by atoms with Gasteiger partial charge in [0.05, 0.1) is 6.61 Å². The van der Waals surface area contributed by atoms with Gasteiger partial charge in [-0.1, -0.05) is 18.2 Å². The van der Waals surface area contributed by atoms with Crippen LogP contribution < -0.4 is 9.80 Å². The van der Waals surface area contributed by atoms with Crippen molar-refractivity contribution in [2.24, 2.45) is 0 Å². The lowest BCUT2D eigenvalue weighted by molar-refractivity contribution is 0.282. The topological polar surface area (TPSA) is 26.7 Å². The summed E-state index contributed by atoms with van der Waals surface area (Å²) in [6.45, 7) is 3.09. The van der Waals surface area contributed by atoms with E-state index in [1.54, 1.807) is 12.1 Å². The molecule has 0 radical (unpaired) electrons. The molecule has 1 fully saturated rings. The Balaban J connectivity index is 1.45. The van der Waals surface area contributed by atoms with E-state index in [1.165, 1.54) is 11.3 Å². The average Bonchev–Trinajstić information content (AvgIpc) is 3.05. The molecule has 0 aliphatic carbocycles. The Morgan fingerprint density at radius 3 is 2.67 bits per heavy atom. The highest BCUT2D eigenvalue weighted by Crippen LogP contribution is 2.34. The van der Waals surface area contributed by atoms with Crippen LogP contribution in [0.15, 0.2) is 42.5 Å². The van der Waals surface area contributed by atoms with Crippen molar-refractivity contribution in [1.82, 2.24) is 0 Å². The second kappa shape index (κ2) is 6.44. The molecular weight excluding hydrogens is 303 g/mol. The molecule has 2 heterocycles. The zero-order valence-corrected chi connectivity index (χ0v) is 13.8. The van der Waals surface area contributed by atoms with E-state index in [2.05, 4.69) is 21.9 Å². The summed E-state index contributed by atoms with van der Waals surface area (Å²) in [7, 11) is 0. The molecule has 0 aromatic heterocycles. The molecule has 2 aromatic rings. The van der Waals surface area contributed by atoms with Gasteiger partial charge in [-0.3, -0.25) is 0 Å². The molecular formula is C20H23FN2O. The maximum absolute atomic E-state index is 13.6. The van der Waals surface area contributed by atoms with Crippen molar-refractivity contribution in [3.05, 3.63) is 59.4 Å². The standard InChI is InChI=1S/C20H23FN2O/c21-17-5-4-16-6-11-23(20(16)13-17)18-7-9-22(10-8-18)19-3-1-2-15(12-19)14-24/h1-5,12-13,18,24H,6-11,14H2. The molecule has 2 aliphatic heterocycles. The maximum atomic E-state index is 13.6. The first-order valence-electron chi connectivity index (χ1n) is 8.74. The second-order valence-corrected chi connectivity index (χ2v) is 6.76. The lowest BCUT2D eigenvalue weighted by atomic mass is 10.0. The first kappa shape index (κ1) is 15.5. The number of benzene rings is 2. The molecule has 2 aliphatic rings. The van der Waals surface area contributed by atoms with Gasteiger partial charge >= 0.3 is 0 Å². The number of aliphatic hydroxyl groups excluding tert-OH is 1. The van der Waals surface area contributed by atoms with Gasteiger partial charge in [0, 0.05) is 37.1 Å². The molecule has 1 saturated heterocycles. The lowest BCUT2D eigenvalue weighted by Gasteiger charge is -2.39. The Hall–Kier alpha value is -2.07. The predicted molar refractivity (Wildman–Crippen MR) is 95.0 cm³/mol. The van der Waals surface area contributed by atoms with Crippen molar-refractivity contribution >= 4 is 11.4 Å². The fourth-order valence-corrected chi connectivity index (χ4v) is 4.04. The van der Waals surface area contributed by atoms with Crippen molar-refractivity contribution in [2.45, 2.75) is 31.9 Å². The van der Waals surface area contributed by atoms with Gasteiger partial charge in [0.25, 0.3) is 0 Å². The molecule has 0 spiro atoms. The second-order valence-electron chi connectivity index (χ2n) is 6.76. The molecule has 0 bridgehead atoms. The monoisotopic (exact) mass is 326 g/mol. The van der Waals surface area contributed by atoms with E-state index in [0.717, 1.165) is 50.1 Å². The van der Waals surface area contributed by atoms with Crippen molar-refractivity contribution in [3.63, 3.8) is 0 Å². The summed E-state index contributed by atoms with van der Waals surface area (Å²) in [5.74, 6) is -0.140. The molecule has 0 amide bonds. The molecule has 4 heteroatoms. The van der Waals surface area contributed by atoms with Crippen LogP contribution in [0.5, 0.6) is 0 Å². The third-order valence-electron chi connectivity index (χ3n) is 5.34. The van der Waals surface area contributed by atoms with Crippen LogP contribution in [0.3, 0.4) is 0 Å². The van der Waals surface area contributed by atoms with Gasteiger partial charge in [-0.25, -0.2) is 4.39 Å². The van der Waals surface area contributed by atoms with Gasteiger partial charge in [0.2, 0.25) is 0 Å². The summed E-state index contributed by atoms with van der Waals surface area (Å²) in [6, 6.07) is 13.8. The lowest BCUT2D eigenvalue weighted by Crippen LogP contribution is -2.44. The summed E-state index contributed by atoms with van der Waals surface area (Å²) in [5.41, 5.74) is 4.51. The smallest absolute Gasteiger partial charge is 0.125 e. The van der Waals surface area contributed by atoms with Crippen molar-refractivity contribution in [1.29, 1.82) is 0 Å². The van der Waals surface area contributed by atoms with Crippen molar-refractivity contribution < 1.29 is 9.50 Å². The first-order valence-corrected chi connectivity index (χ1v) is 8.74. The van der Waals surface area contributed by atoms with Gasteiger partial charge in [-0.05, 0) is 54.7 Å². The molecule has 0 unspecified atom stereocenters. The van der Waals surface area contributed by atoms with E-state index >= 15 is 0 Å². The van der Waals surface area contributed by atoms with Crippen LogP contribution in [0.2, 0.25) is 0 Å². The molecule has 2 aromatic carbocycles. The number of rotatable bonds is 3. The van der Waals surface area contributed by atoms with Crippen LogP contribution in [-0.2, 0) is 13.0 Å². The minimum atomic E-state index is -0.140. The molecule has 126 valence electrons. The molecule has 4 rings (SSSR count). The summed E-state index contributed by atoms with van der Waals surface area (Å²) >= 11 is 0. The number of halogens is 1. The Morgan fingerprint density at radius 2 is 1.88 bits per heavy atom. The predicted octanol–water partition coefficient (Wildman–Crippen LogP) is 3.35. The van der Waals surface area contributed by atoms with E-state index in [0.29, 0.717) is 6.04 Å². The molecule has 0 saturated carbocycles. The van der Waals surface area contributed by atoms with E-state index < -0.39 is 0 Å². The van der Waals surface area contributed by atoms with Crippen molar-refractivity contribution in [2.75, 3.05) is 29.4 Å². The summed E-state index contributed by atoms with van der Waals surface area (Å²) in [6.07, 6.45) is 3.19. The number of anilines is 2. The largest absolute Gasteiger partial charge is 0.392 e. The van der Waals surface area contributed by atoms with Crippen LogP contribution in [0.1, 0.15) is 24.0 Å². The Morgan fingerprint density at radius 1 is 1.04 bits per heavy atom. The zero-order chi connectivity index (χ0) is 16.5. The number of hydrogen-bond acceptors (Lipinski definition) is 3. The van der Waals surface area contributed by atoms with Crippen LogP contribution in [0.4, 0.5) is 15.8 Å². The number of aliphatic hydroxyl groups is 1. The minimum absolute atomic E-state index is 0.0838. The van der Waals surface area contributed by atoms with Crippen LogP contribution in [0.25, 0.3) is 0 Å². The highest BCUT2D eigenvalue weighted by atomic mass is 19.1. The highest BCUT2D eigenvalue weighted by molar-refractivity contribution is 5.59. The summed E-state index contributed by atoms with van der Waals surface area (Å²) in [5, 5.41) is 9.31. The third-order valence-corrected chi connectivity index (χ3v) is 5.34. The van der Waals surface area contributed by atoms with E-state index in [1.807, 2.05) is 18.2 Å².